The van der Waals surface area contributed by atoms with E-state index in [0.717, 1.165) is 16.8 Å². The summed E-state index contributed by atoms with van der Waals surface area (Å²) >= 11 is 19.0. The minimum atomic E-state index is -0.452. The molecule has 4 nitrogen and oxygen atoms in total. The highest BCUT2D eigenvalue weighted by Crippen LogP contribution is 2.38. The predicted molar refractivity (Wildman–Crippen MR) is 117 cm³/mol. The first-order valence-corrected chi connectivity index (χ1v) is 10.0. The van der Waals surface area contributed by atoms with Gasteiger partial charge in [0, 0.05) is 22.3 Å². The molecule has 0 atom stereocenters. The number of hydrogen-bond acceptors (Lipinski definition) is 3. The van der Waals surface area contributed by atoms with E-state index in [2.05, 4.69) is 0 Å². The zero-order chi connectivity index (χ0) is 20.5. The lowest BCUT2D eigenvalue weighted by Gasteiger charge is -2.09. The fraction of sp³-hybridized carbons (Fsp3) is 0.0909. The Kier molecular flexibility index (Phi) is 5.50. The van der Waals surface area contributed by atoms with Gasteiger partial charge in [0.15, 0.2) is 5.65 Å². The van der Waals surface area contributed by atoms with E-state index in [1.54, 1.807) is 41.8 Å². The van der Waals surface area contributed by atoms with Crippen LogP contribution in [0.3, 0.4) is 0 Å². The second-order valence-corrected chi connectivity index (χ2v) is 7.54. The molecular weight excluding hydrogens is 431 g/mol. The van der Waals surface area contributed by atoms with Gasteiger partial charge in [-0.3, -0.25) is 4.40 Å². The van der Waals surface area contributed by atoms with Crippen LogP contribution in [0, 0.1) is 0 Å². The zero-order valence-corrected chi connectivity index (χ0v) is 17.6. The summed E-state index contributed by atoms with van der Waals surface area (Å²) in [4.78, 5) is 17.1. The summed E-state index contributed by atoms with van der Waals surface area (Å²) in [5.74, 6) is -0.452. The molecule has 2 heterocycles. The van der Waals surface area contributed by atoms with Gasteiger partial charge in [-0.1, -0.05) is 65.1 Å². The Bertz CT molecular complexity index is 1220. The van der Waals surface area contributed by atoms with Crippen molar-refractivity contribution in [3.05, 3.63) is 81.4 Å². The molecule has 0 radical (unpaired) electrons. The van der Waals surface area contributed by atoms with Crippen LogP contribution < -0.4 is 0 Å². The van der Waals surface area contributed by atoms with Crippen LogP contribution in [0.15, 0.2) is 60.8 Å². The molecule has 0 saturated carbocycles. The van der Waals surface area contributed by atoms with Gasteiger partial charge in [-0.2, -0.15) is 0 Å². The van der Waals surface area contributed by atoms with Crippen molar-refractivity contribution in [1.29, 1.82) is 0 Å². The average molecular weight is 446 g/mol. The maximum atomic E-state index is 12.3. The molecule has 2 aromatic heterocycles. The minimum Gasteiger partial charge on any atom is -0.462 e. The average Bonchev–Trinajstić information content (AvgIpc) is 3.09. The number of fused-ring (bicyclic) bond motifs is 1. The fourth-order valence-electron chi connectivity index (χ4n) is 3.15. The summed E-state index contributed by atoms with van der Waals surface area (Å²) in [6, 6.07) is 16.4. The van der Waals surface area contributed by atoms with E-state index < -0.39 is 5.97 Å². The van der Waals surface area contributed by atoms with Gasteiger partial charge in [-0.05, 0) is 31.2 Å². The number of rotatable bonds is 4. The maximum Gasteiger partial charge on any atom is 0.339 e. The van der Waals surface area contributed by atoms with E-state index >= 15 is 0 Å². The van der Waals surface area contributed by atoms with Crippen molar-refractivity contribution in [3.8, 4) is 22.5 Å². The molecule has 4 rings (SSSR count). The standard InChI is InChI=1S/C22H15Cl3N2O2/c1-2-29-22(28)14-11-18(25)21-26-19(16-5-3-4-6-17(16)24)20(27(21)12-14)13-7-9-15(23)10-8-13/h3-12H,2H2,1H3. The number of nitrogens with zero attached hydrogens (tertiary/aromatic N) is 2. The molecule has 0 aliphatic carbocycles. The smallest absolute Gasteiger partial charge is 0.339 e. The quantitative estimate of drug-likeness (QED) is 0.324. The molecule has 4 aromatic rings. The van der Waals surface area contributed by atoms with Crippen LogP contribution in [-0.2, 0) is 4.74 Å². The highest BCUT2D eigenvalue weighted by Gasteiger charge is 2.21. The van der Waals surface area contributed by atoms with Gasteiger partial charge in [0.1, 0.15) is 0 Å². The fourth-order valence-corrected chi connectivity index (χ4v) is 3.76. The monoisotopic (exact) mass is 444 g/mol. The number of hydrogen-bond donors (Lipinski definition) is 0. The molecule has 0 aliphatic heterocycles. The number of imidazole rings is 1. The van der Waals surface area contributed by atoms with Gasteiger partial charge in [0.2, 0.25) is 0 Å². The molecular formula is C22H15Cl3N2O2. The third-order valence-corrected chi connectivity index (χ3v) is 5.29. The molecule has 0 bridgehead atoms. The van der Waals surface area contributed by atoms with E-state index in [1.165, 1.54) is 0 Å². The summed E-state index contributed by atoms with van der Waals surface area (Å²) < 4.78 is 6.92. The predicted octanol–water partition coefficient (Wildman–Crippen LogP) is 6.81. The summed E-state index contributed by atoms with van der Waals surface area (Å²) in [6.07, 6.45) is 1.68. The Morgan fingerprint density at radius 1 is 1.03 bits per heavy atom. The number of halogens is 3. The van der Waals surface area contributed by atoms with Crippen LogP contribution in [0.2, 0.25) is 15.1 Å². The molecule has 0 fully saturated rings. The maximum absolute atomic E-state index is 12.3. The highest BCUT2D eigenvalue weighted by atomic mass is 35.5. The number of ether oxygens (including phenoxy) is 1. The molecule has 2 aromatic carbocycles. The molecule has 7 heteroatoms. The van der Waals surface area contributed by atoms with Crippen LogP contribution in [-0.4, -0.2) is 22.0 Å². The Hall–Kier alpha value is -2.53. The molecule has 29 heavy (non-hydrogen) atoms. The minimum absolute atomic E-state index is 0.271. The van der Waals surface area contributed by atoms with Gasteiger partial charge in [0.25, 0.3) is 0 Å². The van der Waals surface area contributed by atoms with Crippen LogP contribution in [0.25, 0.3) is 28.2 Å². The van der Waals surface area contributed by atoms with Gasteiger partial charge in [-0.15, -0.1) is 0 Å². The Balaban J connectivity index is 2.06. The summed E-state index contributed by atoms with van der Waals surface area (Å²) in [6.45, 7) is 2.03. The summed E-state index contributed by atoms with van der Waals surface area (Å²) in [7, 11) is 0. The molecule has 0 amide bonds. The number of aromatic nitrogens is 2. The van der Waals surface area contributed by atoms with Gasteiger partial charge >= 0.3 is 5.97 Å². The van der Waals surface area contributed by atoms with Crippen molar-refractivity contribution in [3.63, 3.8) is 0 Å². The van der Waals surface area contributed by atoms with E-state index in [0.29, 0.717) is 32.0 Å². The number of pyridine rings is 1. The first kappa shape index (κ1) is 19.8. The molecule has 0 aliphatic rings. The largest absolute Gasteiger partial charge is 0.462 e. The molecule has 0 N–H and O–H groups in total. The first-order valence-electron chi connectivity index (χ1n) is 8.89. The van der Waals surface area contributed by atoms with Crippen LogP contribution in [0.1, 0.15) is 17.3 Å². The lowest BCUT2D eigenvalue weighted by Crippen LogP contribution is -2.06. The molecule has 0 spiro atoms. The Morgan fingerprint density at radius 2 is 1.76 bits per heavy atom. The van der Waals surface area contributed by atoms with Crippen molar-refractivity contribution in [2.45, 2.75) is 6.92 Å². The first-order chi connectivity index (χ1) is 14.0. The normalized spacial score (nSPS) is 11.0. The third-order valence-electron chi connectivity index (χ3n) is 4.43. The van der Waals surface area contributed by atoms with Crippen molar-refractivity contribution < 1.29 is 9.53 Å². The summed E-state index contributed by atoms with van der Waals surface area (Å²) in [5, 5.41) is 1.52. The van der Waals surface area contributed by atoms with Crippen LogP contribution in [0.4, 0.5) is 0 Å². The van der Waals surface area contributed by atoms with Crippen molar-refractivity contribution >= 4 is 46.4 Å². The van der Waals surface area contributed by atoms with Crippen LogP contribution in [0.5, 0.6) is 0 Å². The third kappa shape index (κ3) is 3.71. The lowest BCUT2D eigenvalue weighted by atomic mass is 10.0. The second-order valence-electron chi connectivity index (χ2n) is 6.29. The van der Waals surface area contributed by atoms with E-state index in [9.17, 15) is 4.79 Å². The van der Waals surface area contributed by atoms with E-state index in [1.807, 2.05) is 30.3 Å². The number of carbonyl (C=O) groups is 1. The van der Waals surface area contributed by atoms with Gasteiger partial charge in [-0.25, -0.2) is 9.78 Å². The van der Waals surface area contributed by atoms with Crippen molar-refractivity contribution in [2.75, 3.05) is 6.61 Å². The molecule has 0 unspecified atom stereocenters. The number of benzene rings is 2. The SMILES string of the molecule is CCOC(=O)c1cc(Cl)c2nc(-c3ccccc3Cl)c(-c3ccc(Cl)cc3)n2c1. The lowest BCUT2D eigenvalue weighted by molar-refractivity contribution is 0.0526. The zero-order valence-electron chi connectivity index (χ0n) is 15.3. The van der Waals surface area contributed by atoms with Crippen LogP contribution >= 0.6 is 34.8 Å². The number of esters is 1. The summed E-state index contributed by atoms with van der Waals surface area (Å²) in [5.41, 5.74) is 3.87. The Morgan fingerprint density at radius 3 is 2.45 bits per heavy atom. The second kappa shape index (κ2) is 8.07. The number of carbonyl (C=O) groups excluding carboxylic acids is 1. The van der Waals surface area contributed by atoms with Crippen molar-refractivity contribution in [1.82, 2.24) is 9.38 Å². The van der Waals surface area contributed by atoms with Gasteiger partial charge in [0.05, 0.1) is 33.6 Å². The highest BCUT2D eigenvalue weighted by molar-refractivity contribution is 6.34. The topological polar surface area (TPSA) is 43.6 Å². The Labute approximate surface area is 182 Å². The van der Waals surface area contributed by atoms with E-state index in [-0.39, 0.29) is 6.61 Å². The van der Waals surface area contributed by atoms with Gasteiger partial charge < -0.3 is 4.74 Å². The molecule has 0 saturated heterocycles. The van der Waals surface area contributed by atoms with Crippen molar-refractivity contribution in [2.24, 2.45) is 0 Å². The molecule has 146 valence electrons. The van der Waals surface area contributed by atoms with E-state index in [4.69, 9.17) is 44.5 Å².